The summed E-state index contributed by atoms with van der Waals surface area (Å²) in [5.41, 5.74) is 1.16. The second-order valence-corrected chi connectivity index (χ2v) is 2.60. The molecule has 0 amide bonds. The maximum Gasteiger partial charge on any atom is 0.237 e. The lowest BCUT2D eigenvalue weighted by atomic mass is 10.1. The zero-order chi connectivity index (χ0) is 9.84. The third-order valence-corrected chi connectivity index (χ3v) is 1.60. The first-order chi connectivity index (χ1) is 6.09. The van der Waals surface area contributed by atoms with Gasteiger partial charge in [-0.3, -0.25) is 10.1 Å². The van der Waals surface area contributed by atoms with Gasteiger partial charge >= 0.3 is 0 Å². The van der Waals surface area contributed by atoms with Crippen LogP contribution in [0.25, 0.3) is 5.57 Å². The summed E-state index contributed by atoms with van der Waals surface area (Å²) in [4.78, 5) is 9.58. The Labute approximate surface area is 74.7 Å². The second kappa shape index (κ2) is 3.80. The normalized spacial score (nSPS) is 11.4. The van der Waals surface area contributed by atoms with Crippen LogP contribution in [-0.4, -0.2) is 4.92 Å². The summed E-state index contributed by atoms with van der Waals surface area (Å²) in [7, 11) is 0. The van der Waals surface area contributed by atoms with Crippen LogP contribution in [0, 0.1) is 15.9 Å². The molecule has 4 heteroatoms. The minimum atomic E-state index is -0.529. The molecule has 3 nitrogen and oxygen atoms in total. The molecule has 0 unspecified atom stereocenters. The van der Waals surface area contributed by atoms with Gasteiger partial charge in [0.05, 0.1) is 4.92 Å². The molecule has 0 aliphatic carbocycles. The van der Waals surface area contributed by atoms with Gasteiger partial charge < -0.3 is 0 Å². The summed E-state index contributed by atoms with van der Waals surface area (Å²) in [5, 5.41) is 10.1. The van der Waals surface area contributed by atoms with Gasteiger partial charge in [-0.25, -0.2) is 4.39 Å². The van der Waals surface area contributed by atoms with E-state index in [0.29, 0.717) is 11.1 Å². The average Bonchev–Trinajstić information content (AvgIpc) is 2.04. The fraction of sp³-hybridized carbons (Fsp3) is 0.111. The van der Waals surface area contributed by atoms with Gasteiger partial charge in [0.1, 0.15) is 5.82 Å². The Morgan fingerprint density at radius 2 is 2.00 bits per heavy atom. The summed E-state index contributed by atoms with van der Waals surface area (Å²) in [6.07, 6.45) is 0.896. The van der Waals surface area contributed by atoms with Gasteiger partial charge in [-0.1, -0.05) is 12.1 Å². The average molecular weight is 181 g/mol. The van der Waals surface area contributed by atoms with Gasteiger partial charge in [0.2, 0.25) is 6.20 Å². The monoisotopic (exact) mass is 181 g/mol. The van der Waals surface area contributed by atoms with Crippen LogP contribution in [0.15, 0.2) is 30.5 Å². The Kier molecular flexibility index (Phi) is 2.74. The summed E-state index contributed by atoms with van der Waals surface area (Å²) in [6.45, 7) is 1.61. The van der Waals surface area contributed by atoms with Gasteiger partial charge in [0.25, 0.3) is 0 Å². The Hall–Kier alpha value is -1.71. The summed E-state index contributed by atoms with van der Waals surface area (Å²) in [5.74, 6) is -0.349. The Balaban J connectivity index is 2.96. The van der Waals surface area contributed by atoms with E-state index in [9.17, 15) is 14.5 Å². The molecule has 68 valence electrons. The van der Waals surface area contributed by atoms with Gasteiger partial charge in [-0.15, -0.1) is 0 Å². The molecule has 13 heavy (non-hydrogen) atoms. The molecule has 0 saturated heterocycles. The predicted molar refractivity (Wildman–Crippen MR) is 47.0 cm³/mol. The van der Waals surface area contributed by atoms with Crippen molar-refractivity contribution >= 4 is 5.57 Å². The molecule has 1 rings (SSSR count). The maximum absolute atomic E-state index is 12.5. The first-order valence-corrected chi connectivity index (χ1v) is 3.67. The fourth-order valence-corrected chi connectivity index (χ4v) is 0.945. The number of rotatable bonds is 2. The van der Waals surface area contributed by atoms with E-state index in [1.54, 1.807) is 6.92 Å². The lowest BCUT2D eigenvalue weighted by molar-refractivity contribution is -0.401. The van der Waals surface area contributed by atoms with Crippen LogP contribution in [0.3, 0.4) is 0 Å². The van der Waals surface area contributed by atoms with Gasteiger partial charge in [-0.2, -0.15) is 0 Å². The number of hydrogen-bond acceptors (Lipinski definition) is 2. The first kappa shape index (κ1) is 9.38. The van der Waals surface area contributed by atoms with Gasteiger partial charge in [-0.05, 0) is 24.6 Å². The standard InChI is InChI=1S/C9H8FNO2/c1-7(6-11(12)13)8-2-4-9(10)5-3-8/h2-6H,1H3. The lowest BCUT2D eigenvalue weighted by Gasteiger charge is -1.96. The van der Waals surface area contributed by atoms with E-state index >= 15 is 0 Å². The van der Waals surface area contributed by atoms with Crippen LogP contribution in [0.4, 0.5) is 4.39 Å². The van der Waals surface area contributed by atoms with Crippen molar-refractivity contribution in [1.29, 1.82) is 0 Å². The molecule has 0 aliphatic heterocycles. The van der Waals surface area contributed by atoms with E-state index in [1.807, 2.05) is 0 Å². The van der Waals surface area contributed by atoms with E-state index in [0.717, 1.165) is 6.20 Å². The highest BCUT2D eigenvalue weighted by Crippen LogP contribution is 2.13. The Morgan fingerprint density at radius 1 is 1.46 bits per heavy atom. The van der Waals surface area contributed by atoms with Crippen molar-refractivity contribution in [3.8, 4) is 0 Å². The second-order valence-electron chi connectivity index (χ2n) is 2.60. The summed E-state index contributed by atoms with van der Waals surface area (Å²) < 4.78 is 12.5. The minimum absolute atomic E-state index is 0.349. The lowest BCUT2D eigenvalue weighted by Crippen LogP contribution is -1.87. The number of allylic oxidation sites excluding steroid dienone is 1. The topological polar surface area (TPSA) is 43.1 Å². The molecule has 0 saturated carbocycles. The molecule has 0 spiro atoms. The minimum Gasteiger partial charge on any atom is -0.259 e. The molecule has 1 aromatic carbocycles. The first-order valence-electron chi connectivity index (χ1n) is 3.67. The quantitative estimate of drug-likeness (QED) is 0.519. The van der Waals surface area contributed by atoms with E-state index < -0.39 is 4.92 Å². The summed E-state index contributed by atoms with van der Waals surface area (Å²) in [6, 6.07) is 5.55. The Morgan fingerprint density at radius 3 is 2.46 bits per heavy atom. The van der Waals surface area contributed by atoms with Crippen molar-refractivity contribution in [3.63, 3.8) is 0 Å². The smallest absolute Gasteiger partial charge is 0.237 e. The molecule has 0 aliphatic rings. The van der Waals surface area contributed by atoms with Crippen LogP contribution >= 0.6 is 0 Å². The fourth-order valence-electron chi connectivity index (χ4n) is 0.945. The van der Waals surface area contributed by atoms with Crippen LogP contribution in [0.1, 0.15) is 12.5 Å². The van der Waals surface area contributed by atoms with E-state index in [-0.39, 0.29) is 5.82 Å². The van der Waals surface area contributed by atoms with Crippen molar-refractivity contribution in [2.75, 3.05) is 0 Å². The number of nitro groups is 1. The number of benzene rings is 1. The van der Waals surface area contributed by atoms with Crippen LogP contribution in [0.5, 0.6) is 0 Å². The van der Waals surface area contributed by atoms with E-state index in [1.165, 1.54) is 24.3 Å². The SMILES string of the molecule is CC(=C[N+](=O)[O-])c1ccc(F)cc1. The summed E-state index contributed by atoms with van der Waals surface area (Å²) >= 11 is 0. The molecule has 0 atom stereocenters. The van der Waals surface area contributed by atoms with Crippen molar-refractivity contribution in [2.24, 2.45) is 0 Å². The van der Waals surface area contributed by atoms with Gasteiger partial charge in [0, 0.05) is 5.57 Å². The molecule has 0 radical (unpaired) electrons. The van der Waals surface area contributed by atoms with Crippen LogP contribution < -0.4 is 0 Å². The third kappa shape index (κ3) is 2.66. The van der Waals surface area contributed by atoms with Gasteiger partial charge in [0.15, 0.2) is 0 Å². The van der Waals surface area contributed by atoms with E-state index in [4.69, 9.17) is 0 Å². The van der Waals surface area contributed by atoms with Crippen LogP contribution in [0.2, 0.25) is 0 Å². The molecule has 0 heterocycles. The van der Waals surface area contributed by atoms with Crippen molar-refractivity contribution in [3.05, 3.63) is 52.0 Å². The molecular formula is C9H8FNO2. The zero-order valence-electron chi connectivity index (χ0n) is 7.03. The highest BCUT2D eigenvalue weighted by Gasteiger charge is 1.99. The van der Waals surface area contributed by atoms with Crippen molar-refractivity contribution in [1.82, 2.24) is 0 Å². The highest BCUT2D eigenvalue weighted by molar-refractivity contribution is 5.62. The third-order valence-electron chi connectivity index (χ3n) is 1.60. The largest absolute Gasteiger partial charge is 0.259 e. The van der Waals surface area contributed by atoms with Crippen molar-refractivity contribution < 1.29 is 9.31 Å². The highest BCUT2D eigenvalue weighted by atomic mass is 19.1. The molecular weight excluding hydrogens is 173 g/mol. The predicted octanol–water partition coefficient (Wildman–Crippen LogP) is 2.46. The number of nitrogens with zero attached hydrogens (tertiary/aromatic N) is 1. The molecule has 0 N–H and O–H groups in total. The number of hydrogen-bond donors (Lipinski definition) is 0. The van der Waals surface area contributed by atoms with E-state index in [2.05, 4.69) is 0 Å². The van der Waals surface area contributed by atoms with Crippen molar-refractivity contribution in [2.45, 2.75) is 6.92 Å². The number of halogens is 1. The maximum atomic E-state index is 12.5. The van der Waals surface area contributed by atoms with Crippen LogP contribution in [-0.2, 0) is 0 Å². The molecule has 1 aromatic rings. The Bertz CT molecular complexity index is 343. The molecule has 0 aromatic heterocycles. The zero-order valence-corrected chi connectivity index (χ0v) is 7.03. The molecule has 0 fully saturated rings. The molecule has 0 bridgehead atoms.